The monoisotopic (exact) mass is 530 g/mol. The molecule has 1 aliphatic rings. The van der Waals surface area contributed by atoms with Gasteiger partial charge in [-0.15, -0.1) is 0 Å². The fourth-order valence-electron chi connectivity index (χ4n) is 4.21. The molecule has 1 saturated carbocycles. The second kappa shape index (κ2) is 13.1. The van der Waals surface area contributed by atoms with Gasteiger partial charge in [0, 0.05) is 31.4 Å². The summed E-state index contributed by atoms with van der Waals surface area (Å²) in [4.78, 5) is 55.4. The molecular formula is C27H32F2N4O5. The fourth-order valence-corrected chi connectivity index (χ4v) is 4.21. The van der Waals surface area contributed by atoms with Gasteiger partial charge in [0.1, 0.15) is 23.5 Å². The van der Waals surface area contributed by atoms with Gasteiger partial charge in [0.25, 0.3) is 5.91 Å². The molecule has 9 nitrogen and oxygen atoms in total. The van der Waals surface area contributed by atoms with Crippen LogP contribution in [-0.2, 0) is 32.1 Å². The number of halogens is 2. The first-order valence-corrected chi connectivity index (χ1v) is 12.4. The standard InChI is InChI=1S/C27H32F2N4O5/c1-17(32-25(36)19-10-12-27(28,29)13-11-19)24(35)33-20(15-18-7-4-3-5-8-18)23(34)26(37)31-16-21-22(38-2)9-6-14-30-21/h3-9,14,17,19-20H,10-13,15-16H2,1-2H3,(H,31,37)(H,32,36)(H,33,35)/t17-,20-/m1/s1. The summed E-state index contributed by atoms with van der Waals surface area (Å²) in [6, 6.07) is 9.93. The van der Waals surface area contributed by atoms with Crippen molar-refractivity contribution in [2.45, 2.75) is 63.6 Å². The van der Waals surface area contributed by atoms with E-state index in [2.05, 4.69) is 20.9 Å². The van der Waals surface area contributed by atoms with Gasteiger partial charge < -0.3 is 20.7 Å². The molecule has 3 rings (SSSR count). The lowest BCUT2D eigenvalue weighted by molar-refractivity contribution is -0.140. The van der Waals surface area contributed by atoms with Crippen LogP contribution >= 0.6 is 0 Å². The Balaban J connectivity index is 1.64. The highest BCUT2D eigenvalue weighted by molar-refractivity contribution is 6.38. The molecule has 11 heteroatoms. The fraction of sp³-hybridized carbons (Fsp3) is 0.444. The molecular weight excluding hydrogens is 498 g/mol. The Kier molecular flexibility index (Phi) is 9.86. The van der Waals surface area contributed by atoms with E-state index in [1.54, 1.807) is 42.5 Å². The molecule has 1 aromatic heterocycles. The number of nitrogens with zero attached hydrogens (tertiary/aromatic N) is 1. The number of Topliss-reactive ketones (excluding diaryl/α,β-unsaturated/α-hetero) is 1. The van der Waals surface area contributed by atoms with Crippen molar-refractivity contribution in [1.82, 2.24) is 20.9 Å². The Morgan fingerprint density at radius 2 is 1.74 bits per heavy atom. The number of aromatic nitrogens is 1. The first kappa shape index (κ1) is 28.7. The normalized spacial score (nSPS) is 16.5. The number of benzene rings is 1. The van der Waals surface area contributed by atoms with Crippen molar-refractivity contribution in [3.8, 4) is 5.75 Å². The van der Waals surface area contributed by atoms with Crippen LogP contribution in [0.25, 0.3) is 0 Å². The molecule has 38 heavy (non-hydrogen) atoms. The second-order valence-electron chi connectivity index (χ2n) is 9.31. The van der Waals surface area contributed by atoms with Crippen LogP contribution in [0.3, 0.4) is 0 Å². The summed E-state index contributed by atoms with van der Waals surface area (Å²) in [5.41, 5.74) is 1.14. The molecule has 1 aliphatic carbocycles. The minimum absolute atomic E-state index is 0.0313. The molecule has 0 saturated heterocycles. The maximum absolute atomic E-state index is 13.4. The molecule has 3 N–H and O–H groups in total. The van der Waals surface area contributed by atoms with E-state index >= 15 is 0 Å². The molecule has 1 heterocycles. The van der Waals surface area contributed by atoms with Gasteiger partial charge in [0.2, 0.25) is 23.5 Å². The lowest BCUT2D eigenvalue weighted by atomic mass is 9.86. The molecule has 0 unspecified atom stereocenters. The zero-order chi connectivity index (χ0) is 27.7. The van der Waals surface area contributed by atoms with E-state index in [-0.39, 0.29) is 38.6 Å². The Morgan fingerprint density at radius 3 is 2.39 bits per heavy atom. The van der Waals surface area contributed by atoms with Gasteiger partial charge in [0.05, 0.1) is 13.7 Å². The molecule has 0 radical (unpaired) electrons. The zero-order valence-electron chi connectivity index (χ0n) is 21.3. The van der Waals surface area contributed by atoms with E-state index in [1.165, 1.54) is 20.2 Å². The maximum Gasteiger partial charge on any atom is 0.289 e. The smallest absolute Gasteiger partial charge is 0.289 e. The van der Waals surface area contributed by atoms with E-state index in [9.17, 15) is 28.0 Å². The van der Waals surface area contributed by atoms with E-state index < -0.39 is 47.4 Å². The van der Waals surface area contributed by atoms with Gasteiger partial charge >= 0.3 is 0 Å². The molecule has 3 amide bonds. The minimum Gasteiger partial charge on any atom is -0.495 e. The summed E-state index contributed by atoms with van der Waals surface area (Å²) in [5, 5.41) is 7.62. The van der Waals surface area contributed by atoms with Crippen molar-refractivity contribution in [3.63, 3.8) is 0 Å². The van der Waals surface area contributed by atoms with Crippen LogP contribution in [0, 0.1) is 5.92 Å². The highest BCUT2D eigenvalue weighted by Gasteiger charge is 2.38. The number of carbonyl (C=O) groups excluding carboxylic acids is 4. The van der Waals surface area contributed by atoms with Crippen molar-refractivity contribution >= 4 is 23.5 Å². The predicted molar refractivity (Wildman–Crippen MR) is 134 cm³/mol. The van der Waals surface area contributed by atoms with Crippen molar-refractivity contribution in [3.05, 3.63) is 59.9 Å². The SMILES string of the molecule is COc1cccnc1CNC(=O)C(=O)[C@@H](Cc1ccccc1)NC(=O)[C@@H](C)NC(=O)C1CCC(F)(F)CC1. The Bertz CT molecular complexity index is 1140. The molecule has 204 valence electrons. The third-order valence-corrected chi connectivity index (χ3v) is 6.46. The van der Waals surface area contributed by atoms with Gasteiger partial charge in [-0.3, -0.25) is 24.2 Å². The van der Waals surface area contributed by atoms with Crippen LogP contribution in [0.15, 0.2) is 48.7 Å². The molecule has 2 aromatic rings. The van der Waals surface area contributed by atoms with Crippen molar-refractivity contribution in [2.24, 2.45) is 5.92 Å². The molecule has 0 spiro atoms. The zero-order valence-corrected chi connectivity index (χ0v) is 21.3. The number of amides is 3. The quantitative estimate of drug-likeness (QED) is 0.383. The van der Waals surface area contributed by atoms with Gasteiger partial charge in [-0.1, -0.05) is 30.3 Å². The average molecular weight is 531 g/mol. The lowest BCUT2D eigenvalue weighted by Gasteiger charge is -2.28. The summed E-state index contributed by atoms with van der Waals surface area (Å²) < 4.78 is 32.0. The topological polar surface area (TPSA) is 126 Å². The highest BCUT2D eigenvalue weighted by atomic mass is 19.3. The number of hydrogen-bond donors (Lipinski definition) is 3. The van der Waals surface area contributed by atoms with Gasteiger partial charge in [-0.05, 0) is 37.5 Å². The number of ketones is 1. The third kappa shape index (κ3) is 8.06. The highest BCUT2D eigenvalue weighted by Crippen LogP contribution is 2.36. The number of pyridine rings is 1. The Hall–Kier alpha value is -3.89. The maximum atomic E-state index is 13.4. The summed E-state index contributed by atoms with van der Waals surface area (Å²) in [5.74, 6) is -5.89. The molecule has 1 fully saturated rings. The first-order chi connectivity index (χ1) is 18.1. The minimum atomic E-state index is -2.77. The number of carbonyl (C=O) groups is 4. The number of methoxy groups -OCH3 is 1. The lowest BCUT2D eigenvalue weighted by Crippen LogP contribution is -2.54. The van der Waals surface area contributed by atoms with Crippen molar-refractivity contribution in [2.75, 3.05) is 7.11 Å². The van der Waals surface area contributed by atoms with Gasteiger partial charge in [0.15, 0.2) is 0 Å². The summed E-state index contributed by atoms with van der Waals surface area (Å²) >= 11 is 0. The van der Waals surface area contributed by atoms with Crippen molar-refractivity contribution < 1.29 is 32.7 Å². The van der Waals surface area contributed by atoms with Crippen LogP contribution in [0.4, 0.5) is 8.78 Å². The number of nitrogens with one attached hydrogen (secondary N) is 3. The third-order valence-electron chi connectivity index (χ3n) is 6.46. The summed E-state index contributed by atoms with van der Waals surface area (Å²) in [6.45, 7) is 1.37. The predicted octanol–water partition coefficient (Wildman–Crippen LogP) is 2.33. The largest absolute Gasteiger partial charge is 0.495 e. The van der Waals surface area contributed by atoms with Crippen LogP contribution in [0.5, 0.6) is 5.75 Å². The number of alkyl halides is 2. The van der Waals surface area contributed by atoms with Gasteiger partial charge in [-0.25, -0.2) is 8.78 Å². The molecule has 2 atom stereocenters. The van der Waals surface area contributed by atoms with Crippen molar-refractivity contribution in [1.29, 1.82) is 0 Å². The Morgan fingerprint density at radius 1 is 1.05 bits per heavy atom. The average Bonchev–Trinajstić information content (AvgIpc) is 2.91. The van der Waals surface area contributed by atoms with E-state index in [4.69, 9.17) is 4.74 Å². The molecule has 0 aliphatic heterocycles. The Labute approximate surface area is 219 Å². The second-order valence-corrected chi connectivity index (χ2v) is 9.31. The van der Waals surface area contributed by atoms with Crippen LogP contribution in [0.2, 0.25) is 0 Å². The molecule has 1 aromatic carbocycles. The van der Waals surface area contributed by atoms with Crippen LogP contribution in [-0.4, -0.2) is 53.6 Å². The first-order valence-electron chi connectivity index (χ1n) is 12.4. The van der Waals surface area contributed by atoms with E-state index in [1.807, 2.05) is 0 Å². The molecule has 0 bridgehead atoms. The number of ether oxygens (including phenoxy) is 1. The van der Waals surface area contributed by atoms with Crippen LogP contribution in [0.1, 0.15) is 43.9 Å². The van der Waals surface area contributed by atoms with Gasteiger partial charge in [-0.2, -0.15) is 0 Å². The van der Waals surface area contributed by atoms with Crippen LogP contribution < -0.4 is 20.7 Å². The number of hydrogen-bond acceptors (Lipinski definition) is 6. The summed E-state index contributed by atoms with van der Waals surface area (Å²) in [7, 11) is 1.46. The summed E-state index contributed by atoms with van der Waals surface area (Å²) in [6.07, 6.45) is 0.882. The van der Waals surface area contributed by atoms with E-state index in [0.717, 1.165) is 0 Å². The van der Waals surface area contributed by atoms with E-state index in [0.29, 0.717) is 17.0 Å². The number of rotatable bonds is 11.